The minimum Gasteiger partial charge on any atom is -0.486 e. The maximum atomic E-state index is 13.9. The fourth-order valence-corrected chi connectivity index (χ4v) is 5.01. The van der Waals surface area contributed by atoms with E-state index in [1.165, 1.54) is 24.3 Å². The molecule has 1 saturated heterocycles. The van der Waals surface area contributed by atoms with Gasteiger partial charge in [0.1, 0.15) is 35.4 Å². The van der Waals surface area contributed by atoms with E-state index in [4.69, 9.17) is 10.00 Å². The van der Waals surface area contributed by atoms with Crippen LogP contribution in [0.3, 0.4) is 0 Å². The zero-order valence-electron chi connectivity index (χ0n) is 16.6. The van der Waals surface area contributed by atoms with Gasteiger partial charge in [-0.05, 0) is 36.2 Å². The molecule has 10 heteroatoms. The molecule has 2 N–H and O–H groups in total. The quantitative estimate of drug-likeness (QED) is 0.684. The molecule has 31 heavy (non-hydrogen) atoms. The van der Waals surface area contributed by atoms with Crippen LogP contribution in [0.4, 0.5) is 4.39 Å². The summed E-state index contributed by atoms with van der Waals surface area (Å²) in [6.07, 6.45) is -0.583. The molecule has 1 heterocycles. The number of aliphatic hydroxyl groups excluding tert-OH is 1. The molecule has 1 aliphatic heterocycles. The topological polar surface area (TPSA) is 135 Å². The number of nitriles is 2. The molecule has 1 fully saturated rings. The van der Waals surface area contributed by atoms with Crippen LogP contribution in [0.1, 0.15) is 23.6 Å². The number of halogens is 1. The fraction of sp³-hybridized carbons (Fsp3) is 0.333. The molecule has 2 aromatic rings. The van der Waals surface area contributed by atoms with Crippen LogP contribution in [0.25, 0.3) is 0 Å². The predicted octanol–water partition coefficient (Wildman–Crippen LogP) is 1.31. The summed E-state index contributed by atoms with van der Waals surface area (Å²) in [5.74, 6) is -0.859. The number of benzene rings is 2. The summed E-state index contributed by atoms with van der Waals surface area (Å²) in [5.41, 5.74) is -1.37. The van der Waals surface area contributed by atoms with Crippen LogP contribution in [-0.2, 0) is 16.4 Å². The number of nitrogens with zero attached hydrogens (tertiary/aromatic N) is 3. The predicted molar refractivity (Wildman–Crippen MR) is 107 cm³/mol. The van der Waals surface area contributed by atoms with Gasteiger partial charge in [-0.25, -0.2) is 12.8 Å². The first-order valence-corrected chi connectivity index (χ1v) is 10.8. The van der Waals surface area contributed by atoms with Crippen LogP contribution < -0.4 is 4.74 Å². The van der Waals surface area contributed by atoms with E-state index in [2.05, 4.69) is 0 Å². The van der Waals surface area contributed by atoms with Gasteiger partial charge in [0, 0.05) is 12.6 Å². The van der Waals surface area contributed by atoms with Crippen molar-refractivity contribution in [2.24, 2.45) is 0 Å². The lowest BCUT2D eigenvalue weighted by Gasteiger charge is -2.27. The summed E-state index contributed by atoms with van der Waals surface area (Å²) in [4.78, 5) is -0.211. The average Bonchev–Trinajstić information content (AvgIpc) is 3.11. The lowest BCUT2D eigenvalue weighted by molar-refractivity contribution is -0.0641. The minimum absolute atomic E-state index is 0.0228. The summed E-state index contributed by atoms with van der Waals surface area (Å²) in [6, 6.07) is 11.5. The number of hydrogen-bond acceptors (Lipinski definition) is 7. The maximum Gasteiger partial charge on any atom is 0.244 e. The first-order chi connectivity index (χ1) is 14.7. The van der Waals surface area contributed by atoms with Crippen LogP contribution in [0, 0.1) is 28.5 Å². The van der Waals surface area contributed by atoms with Crippen molar-refractivity contribution in [3.63, 3.8) is 0 Å². The smallest absolute Gasteiger partial charge is 0.244 e. The number of aliphatic hydroxyl groups is 2. The Morgan fingerprint density at radius 1 is 1.23 bits per heavy atom. The van der Waals surface area contributed by atoms with Gasteiger partial charge in [-0.3, -0.25) is 0 Å². The van der Waals surface area contributed by atoms with E-state index in [9.17, 15) is 28.3 Å². The van der Waals surface area contributed by atoms with Gasteiger partial charge in [0.15, 0.2) is 0 Å². The lowest BCUT2D eigenvalue weighted by Crippen LogP contribution is -2.48. The first-order valence-electron chi connectivity index (χ1n) is 9.41. The maximum absolute atomic E-state index is 13.9. The highest BCUT2D eigenvalue weighted by atomic mass is 32.2. The molecule has 3 rings (SSSR count). The molecule has 0 unspecified atom stereocenters. The van der Waals surface area contributed by atoms with E-state index < -0.39 is 40.7 Å². The highest BCUT2D eigenvalue weighted by Gasteiger charge is 2.51. The van der Waals surface area contributed by atoms with E-state index in [0.29, 0.717) is 6.42 Å². The summed E-state index contributed by atoms with van der Waals surface area (Å²) in [7, 11) is -4.19. The van der Waals surface area contributed by atoms with E-state index in [-0.39, 0.29) is 28.3 Å². The van der Waals surface area contributed by atoms with Crippen molar-refractivity contribution >= 4 is 10.0 Å². The normalized spacial score (nSPS) is 21.4. The zero-order valence-corrected chi connectivity index (χ0v) is 17.4. The van der Waals surface area contributed by atoms with Gasteiger partial charge in [0.05, 0.1) is 29.2 Å². The molecule has 0 spiro atoms. The molecule has 0 amide bonds. The Labute approximate surface area is 179 Å². The van der Waals surface area contributed by atoms with Crippen molar-refractivity contribution in [2.45, 2.75) is 29.9 Å². The third kappa shape index (κ3) is 4.24. The van der Waals surface area contributed by atoms with Crippen molar-refractivity contribution in [1.29, 1.82) is 10.5 Å². The van der Waals surface area contributed by atoms with Gasteiger partial charge < -0.3 is 14.9 Å². The Morgan fingerprint density at radius 3 is 2.52 bits per heavy atom. The standard InChI is InChI=1S/C21H20FN3O5S/c1-2-14-3-6-19(16(7-14)10-24)31(28,29)25-11-20(21(27,12-25)13-26)30-17-5-4-15(9-23)18(22)8-17/h3-8,20,26-27H,2,11-13H2,1H3/t20-,21+/m0/s1. The Bertz CT molecular complexity index is 1190. The third-order valence-electron chi connectivity index (χ3n) is 5.22. The Hall–Kier alpha value is -3.02. The molecular formula is C21H20FN3O5S. The number of sulfonamides is 1. The van der Waals surface area contributed by atoms with Gasteiger partial charge in [0.2, 0.25) is 10.0 Å². The second-order valence-electron chi connectivity index (χ2n) is 7.22. The number of β-amino-alcohol motifs (C(OH)–C–C–N with tert-alkyl or cyclic N) is 1. The van der Waals surface area contributed by atoms with Crippen LogP contribution >= 0.6 is 0 Å². The van der Waals surface area contributed by atoms with E-state index in [1.807, 2.05) is 13.0 Å². The van der Waals surface area contributed by atoms with Gasteiger partial charge in [-0.15, -0.1) is 0 Å². The number of ether oxygens (including phenoxy) is 1. The van der Waals surface area contributed by atoms with Gasteiger partial charge in [-0.1, -0.05) is 13.0 Å². The van der Waals surface area contributed by atoms with Crippen molar-refractivity contribution in [3.8, 4) is 17.9 Å². The molecule has 2 atom stereocenters. The molecule has 2 aromatic carbocycles. The monoisotopic (exact) mass is 445 g/mol. The largest absolute Gasteiger partial charge is 0.486 e. The summed E-state index contributed by atoms with van der Waals surface area (Å²) in [6.45, 7) is 0.264. The third-order valence-corrected chi connectivity index (χ3v) is 7.09. The summed E-state index contributed by atoms with van der Waals surface area (Å²) < 4.78 is 46.8. The van der Waals surface area contributed by atoms with E-state index >= 15 is 0 Å². The number of rotatable bonds is 6. The lowest BCUT2D eigenvalue weighted by atomic mass is 10.0. The van der Waals surface area contributed by atoms with Crippen LogP contribution in [-0.4, -0.2) is 54.3 Å². The number of hydrogen-bond donors (Lipinski definition) is 2. The van der Waals surface area contributed by atoms with Gasteiger partial charge in [0.25, 0.3) is 0 Å². The highest BCUT2D eigenvalue weighted by Crippen LogP contribution is 2.32. The van der Waals surface area contributed by atoms with Gasteiger partial charge in [-0.2, -0.15) is 14.8 Å². The molecule has 0 bridgehead atoms. The average molecular weight is 445 g/mol. The van der Waals surface area contributed by atoms with Crippen LogP contribution in [0.15, 0.2) is 41.3 Å². The highest BCUT2D eigenvalue weighted by molar-refractivity contribution is 7.89. The SMILES string of the molecule is CCc1ccc(S(=O)(=O)N2C[C@H](Oc3ccc(C#N)c(F)c3)[C@](O)(CO)C2)c(C#N)c1. The summed E-state index contributed by atoms with van der Waals surface area (Å²) >= 11 is 0. The fourth-order valence-electron chi connectivity index (χ4n) is 3.38. The molecular weight excluding hydrogens is 425 g/mol. The van der Waals surface area contributed by atoms with Crippen LogP contribution in [0.5, 0.6) is 5.75 Å². The Kier molecular flexibility index (Phi) is 6.30. The second kappa shape index (κ2) is 8.61. The number of aryl methyl sites for hydroxylation is 1. The van der Waals surface area contributed by atoms with Gasteiger partial charge >= 0.3 is 0 Å². The first kappa shape index (κ1) is 22.7. The molecule has 0 radical (unpaired) electrons. The second-order valence-corrected chi connectivity index (χ2v) is 9.12. The van der Waals surface area contributed by atoms with Crippen LogP contribution in [0.2, 0.25) is 0 Å². The molecule has 1 aliphatic rings. The van der Waals surface area contributed by atoms with Crippen molar-refractivity contribution in [1.82, 2.24) is 4.31 Å². The zero-order chi connectivity index (χ0) is 22.8. The molecule has 0 aromatic heterocycles. The Morgan fingerprint density at radius 2 is 1.94 bits per heavy atom. The minimum atomic E-state index is -4.19. The van der Waals surface area contributed by atoms with Crippen molar-refractivity contribution < 1.29 is 27.8 Å². The van der Waals surface area contributed by atoms with Crippen molar-refractivity contribution in [3.05, 3.63) is 58.9 Å². The molecule has 8 nitrogen and oxygen atoms in total. The molecule has 0 saturated carbocycles. The van der Waals surface area contributed by atoms with Crippen molar-refractivity contribution in [2.75, 3.05) is 19.7 Å². The Balaban J connectivity index is 1.92. The molecule has 162 valence electrons. The van der Waals surface area contributed by atoms with E-state index in [0.717, 1.165) is 15.9 Å². The van der Waals surface area contributed by atoms with E-state index in [1.54, 1.807) is 12.1 Å². The molecule has 0 aliphatic carbocycles. The summed E-state index contributed by atoms with van der Waals surface area (Å²) in [5, 5.41) is 38.7.